The van der Waals surface area contributed by atoms with E-state index < -0.39 is 11.6 Å². The Morgan fingerprint density at radius 2 is 1.78 bits per heavy atom. The van der Waals surface area contributed by atoms with Crippen molar-refractivity contribution in [1.29, 1.82) is 0 Å². The number of ether oxygens (including phenoxy) is 1. The van der Waals surface area contributed by atoms with Crippen LogP contribution in [0.3, 0.4) is 0 Å². The first-order valence-electron chi connectivity index (χ1n) is 12.5. The number of halogens is 2. The van der Waals surface area contributed by atoms with Gasteiger partial charge in [-0.2, -0.15) is 0 Å². The Morgan fingerprint density at radius 3 is 2.46 bits per heavy atom. The number of aromatic nitrogens is 1. The van der Waals surface area contributed by atoms with Crippen LogP contribution in [0.1, 0.15) is 54.1 Å². The third-order valence-electron chi connectivity index (χ3n) is 6.36. The third kappa shape index (κ3) is 7.12. The molecule has 6 nitrogen and oxygen atoms in total. The average molecular weight is 508 g/mol. The number of nitrogens with zero attached hydrogens (tertiary/aromatic N) is 2. The molecule has 8 heteroatoms. The maximum absolute atomic E-state index is 13.8. The molecule has 1 N–H and O–H groups in total. The lowest BCUT2D eigenvalue weighted by Gasteiger charge is -2.32. The molecule has 0 atom stereocenters. The lowest BCUT2D eigenvalue weighted by Crippen LogP contribution is -2.37. The van der Waals surface area contributed by atoms with Gasteiger partial charge in [-0.25, -0.2) is 13.8 Å². The molecule has 4 rings (SSSR count). The van der Waals surface area contributed by atoms with Gasteiger partial charge in [-0.1, -0.05) is 32.0 Å². The summed E-state index contributed by atoms with van der Waals surface area (Å²) in [5, 5.41) is 2.75. The standard InChI is InChI=1S/C29H31F2N3O3/c1-19(2)18-37-28-16-23(9-12-32-28)29(36)34-13-10-21(11-14-34)20-4-7-25(8-5-20)33-27(35)15-22-3-6-24(30)17-26(22)31/h3-9,12,16-17,19,21H,10-11,13-15,18H2,1-2H3,(H,33,35). The summed E-state index contributed by atoms with van der Waals surface area (Å²) >= 11 is 0. The van der Waals surface area contributed by atoms with Crippen molar-refractivity contribution in [1.82, 2.24) is 9.88 Å². The minimum atomic E-state index is -0.737. The Morgan fingerprint density at radius 1 is 1.05 bits per heavy atom. The zero-order valence-electron chi connectivity index (χ0n) is 21.0. The van der Waals surface area contributed by atoms with Gasteiger partial charge in [-0.3, -0.25) is 9.59 Å². The maximum atomic E-state index is 13.8. The maximum Gasteiger partial charge on any atom is 0.254 e. The Balaban J connectivity index is 1.28. The van der Waals surface area contributed by atoms with Crippen molar-refractivity contribution in [2.45, 2.75) is 39.0 Å². The summed E-state index contributed by atoms with van der Waals surface area (Å²) in [6, 6.07) is 14.2. The number of pyridine rings is 1. The number of carbonyl (C=O) groups excluding carboxylic acids is 2. The van der Waals surface area contributed by atoms with Gasteiger partial charge in [-0.05, 0) is 60.1 Å². The number of hydrogen-bond acceptors (Lipinski definition) is 4. The molecule has 0 aliphatic carbocycles. The van der Waals surface area contributed by atoms with Gasteiger partial charge in [0.1, 0.15) is 11.6 Å². The molecule has 0 bridgehead atoms. The van der Waals surface area contributed by atoms with Gasteiger partial charge >= 0.3 is 0 Å². The van der Waals surface area contributed by atoms with Crippen molar-refractivity contribution in [3.05, 3.63) is 89.1 Å². The van der Waals surface area contributed by atoms with Crippen molar-refractivity contribution in [3.8, 4) is 5.88 Å². The highest BCUT2D eigenvalue weighted by atomic mass is 19.1. The zero-order valence-corrected chi connectivity index (χ0v) is 21.0. The molecule has 2 amide bonds. The fraction of sp³-hybridized carbons (Fsp3) is 0.345. The van der Waals surface area contributed by atoms with Gasteiger partial charge < -0.3 is 15.0 Å². The molecule has 1 aromatic heterocycles. The van der Waals surface area contributed by atoms with Crippen LogP contribution in [0.2, 0.25) is 0 Å². The molecule has 2 aromatic carbocycles. The zero-order chi connectivity index (χ0) is 26.4. The van der Waals surface area contributed by atoms with Crippen molar-refractivity contribution < 1.29 is 23.1 Å². The van der Waals surface area contributed by atoms with Crippen LogP contribution in [0.15, 0.2) is 60.8 Å². The number of hydrogen-bond donors (Lipinski definition) is 1. The molecule has 1 aliphatic rings. The summed E-state index contributed by atoms with van der Waals surface area (Å²) in [4.78, 5) is 31.4. The van der Waals surface area contributed by atoms with Crippen molar-refractivity contribution in [3.63, 3.8) is 0 Å². The molecule has 2 heterocycles. The van der Waals surface area contributed by atoms with Crippen LogP contribution in [0, 0.1) is 17.6 Å². The van der Waals surface area contributed by atoms with E-state index in [0.717, 1.165) is 30.5 Å². The van der Waals surface area contributed by atoms with E-state index in [1.807, 2.05) is 29.2 Å². The molecule has 0 radical (unpaired) electrons. The first-order chi connectivity index (χ1) is 17.8. The van der Waals surface area contributed by atoms with Gasteiger partial charge in [0.25, 0.3) is 5.91 Å². The summed E-state index contributed by atoms with van der Waals surface area (Å²) in [5.74, 6) is -0.667. The predicted molar refractivity (Wildman–Crippen MR) is 138 cm³/mol. The number of amides is 2. The number of benzene rings is 2. The molecule has 37 heavy (non-hydrogen) atoms. The van der Waals surface area contributed by atoms with E-state index in [1.54, 1.807) is 18.3 Å². The Bertz CT molecular complexity index is 1240. The van der Waals surface area contributed by atoms with Crippen molar-refractivity contribution >= 4 is 17.5 Å². The van der Waals surface area contributed by atoms with E-state index in [4.69, 9.17) is 4.74 Å². The van der Waals surface area contributed by atoms with Gasteiger partial charge in [0.15, 0.2) is 0 Å². The second-order valence-electron chi connectivity index (χ2n) is 9.74. The van der Waals surface area contributed by atoms with Crippen LogP contribution < -0.4 is 10.1 Å². The topological polar surface area (TPSA) is 71.5 Å². The first kappa shape index (κ1) is 26.3. The van der Waals surface area contributed by atoms with Crippen LogP contribution in [-0.4, -0.2) is 41.4 Å². The molecule has 3 aromatic rings. The average Bonchev–Trinajstić information content (AvgIpc) is 2.89. The van der Waals surface area contributed by atoms with Gasteiger partial charge in [0, 0.05) is 42.7 Å². The van der Waals surface area contributed by atoms with Gasteiger partial charge in [0.05, 0.1) is 13.0 Å². The molecule has 0 unspecified atom stereocenters. The molecule has 194 valence electrons. The second-order valence-corrected chi connectivity index (χ2v) is 9.74. The van der Waals surface area contributed by atoms with Crippen molar-refractivity contribution in [2.75, 3.05) is 25.0 Å². The minimum Gasteiger partial charge on any atom is -0.477 e. The summed E-state index contributed by atoms with van der Waals surface area (Å²) in [6.45, 7) is 5.96. The van der Waals surface area contributed by atoms with Crippen molar-refractivity contribution in [2.24, 2.45) is 5.92 Å². The summed E-state index contributed by atoms with van der Waals surface area (Å²) in [5.41, 5.74) is 2.47. The molecule has 1 fully saturated rings. The van der Waals surface area contributed by atoms with Gasteiger partial charge in [-0.15, -0.1) is 0 Å². The lowest BCUT2D eigenvalue weighted by molar-refractivity contribution is -0.115. The van der Waals surface area contributed by atoms with E-state index in [1.165, 1.54) is 6.07 Å². The van der Waals surface area contributed by atoms with E-state index in [0.29, 0.717) is 48.7 Å². The van der Waals surface area contributed by atoms with Gasteiger partial charge in [0.2, 0.25) is 11.8 Å². The minimum absolute atomic E-state index is 0.0223. The van der Waals surface area contributed by atoms with E-state index >= 15 is 0 Å². The van der Waals surface area contributed by atoms with Crippen LogP contribution in [0.25, 0.3) is 0 Å². The normalized spacial score (nSPS) is 14.0. The number of carbonyl (C=O) groups is 2. The second kappa shape index (κ2) is 12.0. The van der Waals surface area contributed by atoms with E-state index in [2.05, 4.69) is 24.1 Å². The predicted octanol–water partition coefficient (Wildman–Crippen LogP) is 5.60. The third-order valence-corrected chi connectivity index (χ3v) is 6.36. The highest BCUT2D eigenvalue weighted by Crippen LogP contribution is 2.30. The number of anilines is 1. The fourth-order valence-electron chi connectivity index (χ4n) is 4.35. The number of piperidine rings is 1. The largest absolute Gasteiger partial charge is 0.477 e. The highest BCUT2D eigenvalue weighted by molar-refractivity contribution is 5.94. The Labute approximate surface area is 215 Å². The molecule has 0 spiro atoms. The van der Waals surface area contributed by atoms with E-state index in [-0.39, 0.29) is 23.8 Å². The quantitative estimate of drug-likeness (QED) is 0.431. The summed E-state index contributed by atoms with van der Waals surface area (Å²) in [6.07, 6.45) is 3.10. The smallest absolute Gasteiger partial charge is 0.254 e. The Kier molecular flexibility index (Phi) is 8.48. The lowest BCUT2D eigenvalue weighted by atomic mass is 9.89. The monoisotopic (exact) mass is 507 g/mol. The van der Waals surface area contributed by atoms with Crippen LogP contribution in [0.4, 0.5) is 14.5 Å². The molecular formula is C29H31F2N3O3. The highest BCUT2D eigenvalue weighted by Gasteiger charge is 2.25. The number of nitrogens with one attached hydrogen (secondary N) is 1. The summed E-state index contributed by atoms with van der Waals surface area (Å²) in [7, 11) is 0. The molecule has 1 aliphatic heterocycles. The number of rotatable bonds is 8. The number of likely N-dealkylation sites (tertiary alicyclic amines) is 1. The van der Waals surface area contributed by atoms with Crippen LogP contribution in [-0.2, 0) is 11.2 Å². The SMILES string of the molecule is CC(C)COc1cc(C(=O)N2CCC(c3ccc(NC(=O)Cc4ccc(F)cc4F)cc3)CC2)ccn1. The molecule has 0 saturated carbocycles. The summed E-state index contributed by atoms with van der Waals surface area (Å²) < 4.78 is 32.5. The first-order valence-corrected chi connectivity index (χ1v) is 12.5. The van der Waals surface area contributed by atoms with Crippen LogP contribution >= 0.6 is 0 Å². The Hall–Kier alpha value is -3.81. The van der Waals surface area contributed by atoms with E-state index in [9.17, 15) is 18.4 Å². The van der Waals surface area contributed by atoms with Crippen LogP contribution in [0.5, 0.6) is 5.88 Å². The molecular weight excluding hydrogens is 476 g/mol. The molecule has 1 saturated heterocycles. The fourth-order valence-corrected chi connectivity index (χ4v) is 4.35.